The average molecular weight is 249 g/mol. The lowest BCUT2D eigenvalue weighted by atomic mass is 10.4. The normalized spacial score (nSPS) is 15.8. The summed E-state index contributed by atoms with van der Waals surface area (Å²) in [6.45, 7) is 7.33. The maximum atomic E-state index is 5.74. The third kappa shape index (κ3) is 4.18. The van der Waals surface area contributed by atoms with E-state index in [0.29, 0.717) is 0 Å². The largest absolute Gasteiger partial charge is 0.491 e. The molecule has 2 heterocycles. The van der Waals surface area contributed by atoms with E-state index >= 15 is 0 Å². The fraction of sp³-hybridized carbons (Fsp3) is 0.643. The molecule has 1 aromatic heterocycles. The molecule has 100 valence electrons. The average Bonchev–Trinajstić information content (AvgIpc) is 2.90. The van der Waals surface area contributed by atoms with Gasteiger partial charge in [0.05, 0.1) is 18.1 Å². The summed E-state index contributed by atoms with van der Waals surface area (Å²) in [4.78, 5) is 6.64. The lowest BCUT2D eigenvalue weighted by Gasteiger charge is -2.15. The second kappa shape index (κ2) is 7.21. The molecule has 1 aliphatic heterocycles. The van der Waals surface area contributed by atoms with Crippen LogP contribution in [0.15, 0.2) is 18.5 Å². The number of hydrogen-bond donors (Lipinski definition) is 1. The molecule has 1 saturated heterocycles. The molecule has 0 spiro atoms. The number of nitrogens with zero attached hydrogens (tertiary/aromatic N) is 2. The van der Waals surface area contributed by atoms with E-state index in [9.17, 15) is 0 Å². The van der Waals surface area contributed by atoms with Crippen LogP contribution < -0.4 is 10.1 Å². The number of anilines is 1. The molecule has 18 heavy (non-hydrogen) atoms. The Morgan fingerprint density at radius 2 is 2.17 bits per heavy atom. The molecule has 0 unspecified atom stereocenters. The van der Waals surface area contributed by atoms with Crippen molar-refractivity contribution in [1.82, 2.24) is 9.88 Å². The molecule has 4 heteroatoms. The van der Waals surface area contributed by atoms with Crippen molar-refractivity contribution in [2.75, 3.05) is 38.1 Å². The van der Waals surface area contributed by atoms with Gasteiger partial charge in [0.1, 0.15) is 12.4 Å². The van der Waals surface area contributed by atoms with E-state index in [-0.39, 0.29) is 0 Å². The minimum Gasteiger partial charge on any atom is -0.491 e. The van der Waals surface area contributed by atoms with E-state index in [1.807, 2.05) is 12.3 Å². The van der Waals surface area contributed by atoms with E-state index in [1.54, 1.807) is 6.20 Å². The van der Waals surface area contributed by atoms with Gasteiger partial charge in [-0.05, 0) is 32.4 Å². The number of ether oxygens (including phenoxy) is 1. The molecule has 0 aliphatic carbocycles. The number of aromatic nitrogens is 1. The van der Waals surface area contributed by atoms with Gasteiger partial charge in [-0.3, -0.25) is 9.88 Å². The molecule has 0 saturated carbocycles. The van der Waals surface area contributed by atoms with Crippen LogP contribution in [0, 0.1) is 0 Å². The highest BCUT2D eigenvalue weighted by molar-refractivity contribution is 5.44. The lowest BCUT2D eigenvalue weighted by Crippen LogP contribution is -2.25. The number of nitrogens with one attached hydrogen (secondary N) is 1. The third-order valence-electron chi connectivity index (χ3n) is 3.17. The van der Waals surface area contributed by atoms with Crippen LogP contribution >= 0.6 is 0 Å². The first-order chi connectivity index (χ1) is 8.88. The van der Waals surface area contributed by atoms with Crippen LogP contribution in [0.2, 0.25) is 0 Å². The third-order valence-corrected chi connectivity index (χ3v) is 3.17. The summed E-state index contributed by atoms with van der Waals surface area (Å²) in [7, 11) is 0. The van der Waals surface area contributed by atoms with Crippen molar-refractivity contribution in [1.29, 1.82) is 0 Å². The Morgan fingerprint density at radius 1 is 1.33 bits per heavy atom. The van der Waals surface area contributed by atoms with Crippen LogP contribution in [-0.2, 0) is 0 Å². The Balaban J connectivity index is 1.74. The van der Waals surface area contributed by atoms with Gasteiger partial charge in [0.25, 0.3) is 0 Å². The fourth-order valence-electron chi connectivity index (χ4n) is 2.16. The minimum absolute atomic E-state index is 0.749. The van der Waals surface area contributed by atoms with Gasteiger partial charge in [-0.15, -0.1) is 0 Å². The molecular formula is C14H23N3O. The molecule has 0 amide bonds. The predicted octanol–water partition coefficient (Wildman–Crippen LogP) is 2.38. The molecule has 1 aromatic rings. The van der Waals surface area contributed by atoms with Gasteiger partial charge < -0.3 is 10.1 Å². The standard InChI is InChI=1S/C14H23N3O/c1-2-5-16-13-10-14(12-15-11-13)18-9-8-17-6-3-4-7-17/h10-12,16H,2-9H2,1H3. The molecule has 0 bridgehead atoms. The van der Waals surface area contributed by atoms with Crippen LogP contribution in [-0.4, -0.2) is 42.7 Å². The zero-order chi connectivity index (χ0) is 12.6. The quantitative estimate of drug-likeness (QED) is 0.805. The molecule has 0 radical (unpaired) electrons. The van der Waals surface area contributed by atoms with Crippen LogP contribution in [0.1, 0.15) is 26.2 Å². The van der Waals surface area contributed by atoms with Gasteiger partial charge >= 0.3 is 0 Å². The maximum Gasteiger partial charge on any atom is 0.139 e. The summed E-state index contributed by atoms with van der Waals surface area (Å²) in [6.07, 6.45) is 7.39. The molecule has 1 fully saturated rings. The van der Waals surface area contributed by atoms with Gasteiger partial charge in [-0.2, -0.15) is 0 Å². The first-order valence-corrected chi connectivity index (χ1v) is 6.92. The Kier molecular flexibility index (Phi) is 5.27. The SMILES string of the molecule is CCCNc1cncc(OCCN2CCCC2)c1. The maximum absolute atomic E-state index is 5.74. The van der Waals surface area contributed by atoms with Crippen molar-refractivity contribution in [3.63, 3.8) is 0 Å². The first-order valence-electron chi connectivity index (χ1n) is 6.92. The molecule has 1 N–H and O–H groups in total. The van der Waals surface area contributed by atoms with Gasteiger partial charge in [-0.1, -0.05) is 6.92 Å². The summed E-state index contributed by atoms with van der Waals surface area (Å²) in [5.41, 5.74) is 1.04. The summed E-state index contributed by atoms with van der Waals surface area (Å²) in [5, 5.41) is 3.31. The number of rotatable bonds is 7. The Labute approximate surface area is 109 Å². The molecular weight excluding hydrogens is 226 g/mol. The van der Waals surface area contributed by atoms with E-state index < -0.39 is 0 Å². The Hall–Kier alpha value is -1.29. The van der Waals surface area contributed by atoms with Crippen molar-refractivity contribution in [3.8, 4) is 5.75 Å². The minimum atomic E-state index is 0.749. The zero-order valence-corrected chi connectivity index (χ0v) is 11.2. The van der Waals surface area contributed by atoms with Gasteiger partial charge in [0, 0.05) is 19.2 Å². The highest BCUT2D eigenvalue weighted by atomic mass is 16.5. The van der Waals surface area contributed by atoms with Crippen molar-refractivity contribution < 1.29 is 4.74 Å². The Morgan fingerprint density at radius 3 is 2.94 bits per heavy atom. The van der Waals surface area contributed by atoms with Crippen LogP contribution in [0.4, 0.5) is 5.69 Å². The topological polar surface area (TPSA) is 37.4 Å². The number of hydrogen-bond acceptors (Lipinski definition) is 4. The van der Waals surface area contributed by atoms with Gasteiger partial charge in [-0.25, -0.2) is 0 Å². The van der Waals surface area contributed by atoms with Crippen LogP contribution in [0.3, 0.4) is 0 Å². The van der Waals surface area contributed by atoms with Crippen molar-refractivity contribution in [3.05, 3.63) is 18.5 Å². The number of pyridine rings is 1. The van der Waals surface area contributed by atoms with E-state index in [2.05, 4.69) is 22.1 Å². The lowest BCUT2D eigenvalue weighted by molar-refractivity contribution is 0.237. The van der Waals surface area contributed by atoms with Gasteiger partial charge in [0.15, 0.2) is 0 Å². The van der Waals surface area contributed by atoms with Crippen LogP contribution in [0.5, 0.6) is 5.75 Å². The Bertz CT molecular complexity index is 351. The van der Waals surface area contributed by atoms with Crippen molar-refractivity contribution in [2.24, 2.45) is 0 Å². The van der Waals surface area contributed by atoms with E-state index in [1.165, 1.54) is 25.9 Å². The molecule has 0 aromatic carbocycles. The molecule has 1 aliphatic rings. The van der Waals surface area contributed by atoms with Crippen molar-refractivity contribution in [2.45, 2.75) is 26.2 Å². The second-order valence-electron chi connectivity index (χ2n) is 4.73. The fourth-order valence-corrected chi connectivity index (χ4v) is 2.16. The molecule has 4 nitrogen and oxygen atoms in total. The van der Waals surface area contributed by atoms with E-state index in [0.717, 1.165) is 37.6 Å². The molecule has 2 rings (SSSR count). The number of likely N-dealkylation sites (tertiary alicyclic amines) is 1. The molecule has 0 atom stereocenters. The highest BCUT2D eigenvalue weighted by Gasteiger charge is 2.10. The van der Waals surface area contributed by atoms with Crippen molar-refractivity contribution >= 4 is 5.69 Å². The van der Waals surface area contributed by atoms with Crippen LogP contribution in [0.25, 0.3) is 0 Å². The summed E-state index contributed by atoms with van der Waals surface area (Å²) in [6, 6.07) is 2.02. The predicted molar refractivity (Wildman–Crippen MR) is 74.2 cm³/mol. The van der Waals surface area contributed by atoms with E-state index in [4.69, 9.17) is 4.74 Å². The zero-order valence-electron chi connectivity index (χ0n) is 11.2. The second-order valence-corrected chi connectivity index (χ2v) is 4.73. The van der Waals surface area contributed by atoms with Gasteiger partial charge in [0.2, 0.25) is 0 Å². The monoisotopic (exact) mass is 249 g/mol. The summed E-state index contributed by atoms with van der Waals surface area (Å²) in [5.74, 6) is 0.857. The highest BCUT2D eigenvalue weighted by Crippen LogP contribution is 2.15. The first kappa shape index (κ1) is 13.1. The summed E-state index contributed by atoms with van der Waals surface area (Å²) < 4.78 is 5.74. The smallest absolute Gasteiger partial charge is 0.139 e. The summed E-state index contributed by atoms with van der Waals surface area (Å²) >= 11 is 0.